The van der Waals surface area contributed by atoms with E-state index >= 15 is 0 Å². The minimum absolute atomic E-state index is 0.0368. The number of carbonyl (C=O) groups excluding carboxylic acids is 1. The molecule has 3 aromatic rings. The van der Waals surface area contributed by atoms with Gasteiger partial charge in [0.1, 0.15) is 4.21 Å². The van der Waals surface area contributed by atoms with Gasteiger partial charge in [0.05, 0.1) is 12.3 Å². The summed E-state index contributed by atoms with van der Waals surface area (Å²) in [4.78, 5) is 13.7. The number of aromatic nitrogens is 2. The predicted octanol–water partition coefficient (Wildman–Crippen LogP) is 2.82. The molecule has 1 atom stereocenters. The molecule has 3 aromatic heterocycles. The molecule has 11 heteroatoms. The van der Waals surface area contributed by atoms with Crippen molar-refractivity contribution in [2.75, 3.05) is 18.4 Å². The van der Waals surface area contributed by atoms with E-state index in [-0.39, 0.29) is 18.5 Å². The molecule has 4 heterocycles. The molecule has 0 bridgehead atoms. The lowest BCUT2D eigenvalue weighted by atomic mass is 9.99. The van der Waals surface area contributed by atoms with Gasteiger partial charge in [0, 0.05) is 18.0 Å². The second-order valence-electron chi connectivity index (χ2n) is 6.38. The van der Waals surface area contributed by atoms with Crippen LogP contribution in [-0.4, -0.2) is 41.9 Å². The van der Waals surface area contributed by atoms with Crippen molar-refractivity contribution in [1.82, 2.24) is 14.5 Å². The van der Waals surface area contributed by atoms with Gasteiger partial charge in [-0.15, -0.1) is 27.8 Å². The smallest absolute Gasteiger partial charge is 0.322 e. The zero-order valence-corrected chi connectivity index (χ0v) is 17.2. The summed E-state index contributed by atoms with van der Waals surface area (Å²) in [6.07, 6.45) is 1.74. The zero-order chi connectivity index (χ0) is 19.6. The van der Waals surface area contributed by atoms with E-state index in [9.17, 15) is 13.2 Å². The highest BCUT2D eigenvalue weighted by Crippen LogP contribution is 2.27. The largest absolute Gasteiger partial charge is 0.407 e. The Morgan fingerprint density at radius 2 is 2.07 bits per heavy atom. The Morgan fingerprint density at radius 3 is 2.82 bits per heavy atom. The number of rotatable bonds is 6. The molecule has 1 saturated heterocycles. The molecule has 1 N–H and O–H groups in total. The monoisotopic (exact) mass is 438 g/mol. The van der Waals surface area contributed by atoms with Crippen molar-refractivity contribution in [2.45, 2.75) is 23.5 Å². The molecule has 1 amide bonds. The van der Waals surface area contributed by atoms with Gasteiger partial charge < -0.3 is 4.42 Å². The molecule has 148 valence electrons. The van der Waals surface area contributed by atoms with E-state index in [1.807, 2.05) is 17.5 Å². The number of nitrogens with one attached hydrogen (secondary N) is 1. The van der Waals surface area contributed by atoms with Gasteiger partial charge in [0.15, 0.2) is 0 Å². The van der Waals surface area contributed by atoms with Crippen molar-refractivity contribution in [3.8, 4) is 0 Å². The van der Waals surface area contributed by atoms with Crippen LogP contribution < -0.4 is 5.32 Å². The third-order valence-electron chi connectivity index (χ3n) is 4.45. The molecule has 1 aliphatic heterocycles. The zero-order valence-electron chi connectivity index (χ0n) is 14.8. The maximum absolute atomic E-state index is 12.7. The molecule has 4 rings (SSSR count). The average molecular weight is 439 g/mol. The van der Waals surface area contributed by atoms with E-state index in [4.69, 9.17) is 4.42 Å². The highest BCUT2D eigenvalue weighted by molar-refractivity contribution is 7.91. The van der Waals surface area contributed by atoms with Gasteiger partial charge in [-0.2, -0.15) is 4.31 Å². The number of sulfonamides is 1. The van der Waals surface area contributed by atoms with E-state index in [0.29, 0.717) is 35.9 Å². The summed E-state index contributed by atoms with van der Waals surface area (Å²) >= 11 is 2.77. The molecule has 0 saturated carbocycles. The summed E-state index contributed by atoms with van der Waals surface area (Å²) in [6.45, 7) is 0.553. The highest BCUT2D eigenvalue weighted by atomic mass is 32.2. The van der Waals surface area contributed by atoms with E-state index in [1.54, 1.807) is 28.8 Å². The first-order valence-corrected chi connectivity index (χ1v) is 11.9. The second-order valence-corrected chi connectivity index (χ2v) is 10.5. The van der Waals surface area contributed by atoms with Crippen LogP contribution in [0.3, 0.4) is 0 Å². The van der Waals surface area contributed by atoms with Crippen LogP contribution in [0.25, 0.3) is 0 Å². The van der Waals surface area contributed by atoms with Crippen LogP contribution >= 0.6 is 22.7 Å². The van der Waals surface area contributed by atoms with E-state index < -0.39 is 15.9 Å². The summed E-state index contributed by atoms with van der Waals surface area (Å²) in [5.74, 6) is -0.350. The molecule has 1 aliphatic rings. The van der Waals surface area contributed by atoms with Crippen molar-refractivity contribution in [2.24, 2.45) is 5.92 Å². The van der Waals surface area contributed by atoms with Crippen LogP contribution in [0.4, 0.5) is 6.01 Å². The molecule has 0 aliphatic carbocycles. The number of piperidine rings is 1. The summed E-state index contributed by atoms with van der Waals surface area (Å²) in [6, 6.07) is 7.23. The van der Waals surface area contributed by atoms with Crippen molar-refractivity contribution in [3.63, 3.8) is 0 Å². The maximum Gasteiger partial charge on any atom is 0.322 e. The first-order valence-electron chi connectivity index (χ1n) is 8.71. The molecular weight excluding hydrogens is 420 g/mol. The Bertz CT molecular complexity index is 1030. The number of hydrogen-bond acceptors (Lipinski definition) is 8. The topological polar surface area (TPSA) is 105 Å². The van der Waals surface area contributed by atoms with Crippen molar-refractivity contribution >= 4 is 44.6 Å². The lowest BCUT2D eigenvalue weighted by Gasteiger charge is -2.30. The molecule has 0 radical (unpaired) electrons. The van der Waals surface area contributed by atoms with Gasteiger partial charge in [-0.25, -0.2) is 8.42 Å². The Morgan fingerprint density at radius 1 is 1.25 bits per heavy atom. The summed E-state index contributed by atoms with van der Waals surface area (Å²) < 4.78 is 32.6. The van der Waals surface area contributed by atoms with Gasteiger partial charge in [-0.1, -0.05) is 17.2 Å². The first-order chi connectivity index (χ1) is 13.5. The lowest BCUT2D eigenvalue weighted by Crippen LogP contribution is -2.43. The van der Waals surface area contributed by atoms with Crippen LogP contribution in [-0.2, 0) is 21.2 Å². The van der Waals surface area contributed by atoms with Gasteiger partial charge in [0.2, 0.25) is 11.8 Å². The minimum Gasteiger partial charge on any atom is -0.407 e. The predicted molar refractivity (Wildman–Crippen MR) is 106 cm³/mol. The molecule has 0 aromatic carbocycles. The van der Waals surface area contributed by atoms with Crippen LogP contribution in [0.1, 0.15) is 23.6 Å². The van der Waals surface area contributed by atoms with Crippen LogP contribution in [0.2, 0.25) is 0 Å². The third-order valence-corrected chi connectivity index (χ3v) is 8.56. The molecule has 28 heavy (non-hydrogen) atoms. The van der Waals surface area contributed by atoms with Crippen LogP contribution in [0.15, 0.2) is 43.7 Å². The average Bonchev–Trinajstić information content (AvgIpc) is 3.45. The van der Waals surface area contributed by atoms with E-state index in [0.717, 1.165) is 4.88 Å². The quantitative estimate of drug-likeness (QED) is 0.634. The Balaban J connectivity index is 1.39. The van der Waals surface area contributed by atoms with Crippen molar-refractivity contribution < 1.29 is 17.6 Å². The Labute approximate surface area is 170 Å². The molecule has 0 spiro atoms. The summed E-state index contributed by atoms with van der Waals surface area (Å²) in [5.41, 5.74) is 0. The number of amides is 1. The number of carbonyl (C=O) groups is 1. The van der Waals surface area contributed by atoms with Crippen molar-refractivity contribution in [3.05, 3.63) is 45.8 Å². The van der Waals surface area contributed by atoms with Gasteiger partial charge in [-0.3, -0.25) is 10.1 Å². The fourth-order valence-electron chi connectivity index (χ4n) is 3.06. The summed E-state index contributed by atoms with van der Waals surface area (Å²) in [5, 5.41) is 14.1. The van der Waals surface area contributed by atoms with Gasteiger partial charge >= 0.3 is 6.01 Å². The SMILES string of the molecule is O=C(Nc1nnc(Cc2cccs2)o1)C1CCCN(S(=O)(=O)c2cccs2)C1. The third kappa shape index (κ3) is 4.17. The maximum atomic E-state index is 12.7. The molecule has 1 unspecified atom stereocenters. The number of thiophene rings is 2. The van der Waals surface area contributed by atoms with Gasteiger partial charge in [-0.05, 0) is 35.7 Å². The molecule has 1 fully saturated rings. The molecule has 8 nitrogen and oxygen atoms in total. The fourth-order valence-corrected chi connectivity index (χ4v) is 6.42. The Kier molecular flexibility index (Phi) is 5.58. The van der Waals surface area contributed by atoms with E-state index in [2.05, 4.69) is 15.5 Å². The number of hydrogen-bond donors (Lipinski definition) is 1. The minimum atomic E-state index is -3.56. The first kappa shape index (κ1) is 19.2. The normalized spacial score (nSPS) is 18.2. The molecular formula is C17H18N4O4S3. The highest BCUT2D eigenvalue weighted by Gasteiger charge is 2.34. The number of anilines is 1. The van der Waals surface area contributed by atoms with Crippen LogP contribution in [0.5, 0.6) is 0 Å². The lowest BCUT2D eigenvalue weighted by molar-refractivity contribution is -0.121. The van der Waals surface area contributed by atoms with Gasteiger partial charge in [0.25, 0.3) is 10.0 Å². The standard InChI is InChI=1S/C17H18N4O4S3/c22-16(18-17-20-19-14(25-17)10-13-5-2-8-26-13)12-4-1-7-21(11-12)28(23,24)15-6-3-9-27-15/h2-3,5-6,8-9,12H,1,4,7,10-11H2,(H,18,20,22). The number of nitrogens with zero attached hydrogens (tertiary/aromatic N) is 3. The van der Waals surface area contributed by atoms with E-state index in [1.165, 1.54) is 15.6 Å². The van der Waals surface area contributed by atoms with Crippen LogP contribution in [0, 0.1) is 5.92 Å². The Hall–Kier alpha value is -2.08. The second kappa shape index (κ2) is 8.11. The summed E-state index contributed by atoms with van der Waals surface area (Å²) in [7, 11) is -3.56. The fraction of sp³-hybridized carbons (Fsp3) is 0.353. The van der Waals surface area contributed by atoms with Crippen molar-refractivity contribution in [1.29, 1.82) is 0 Å².